The van der Waals surface area contributed by atoms with Gasteiger partial charge >= 0.3 is 12.0 Å². The van der Waals surface area contributed by atoms with Crippen LogP contribution in [0.2, 0.25) is 0 Å². The van der Waals surface area contributed by atoms with E-state index in [0.717, 1.165) is 0 Å². The Labute approximate surface area is 106 Å². The van der Waals surface area contributed by atoms with Gasteiger partial charge in [0.2, 0.25) is 0 Å². The molecule has 5 nitrogen and oxygen atoms in total. The summed E-state index contributed by atoms with van der Waals surface area (Å²) in [6.07, 6.45) is 0. The Hall–Kier alpha value is -2.25. The number of rotatable bonds is 4. The summed E-state index contributed by atoms with van der Waals surface area (Å²) in [5, 5.41) is 12.8. The molecule has 0 spiro atoms. The second-order valence-corrected chi connectivity index (χ2v) is 3.83. The first-order valence-electron chi connectivity index (χ1n) is 5.23. The average Bonchev–Trinajstić information content (AvgIpc) is 2.32. The molecule has 0 bridgehead atoms. The van der Waals surface area contributed by atoms with Crippen LogP contribution in [0, 0.1) is 23.4 Å². The highest BCUT2D eigenvalue weighted by Crippen LogP contribution is 2.17. The Bertz CT molecular complexity index is 485. The number of carbonyl (C=O) groups is 2. The van der Waals surface area contributed by atoms with Crippen molar-refractivity contribution in [1.82, 2.24) is 5.32 Å². The van der Waals surface area contributed by atoms with Gasteiger partial charge in [-0.25, -0.2) is 18.0 Å². The molecule has 0 radical (unpaired) electrons. The number of aliphatic carboxylic acids is 1. The van der Waals surface area contributed by atoms with Crippen LogP contribution in [0.4, 0.5) is 23.7 Å². The van der Waals surface area contributed by atoms with E-state index in [4.69, 9.17) is 5.11 Å². The minimum Gasteiger partial charge on any atom is -0.481 e. The summed E-state index contributed by atoms with van der Waals surface area (Å²) in [6.45, 7) is 1.22. The topological polar surface area (TPSA) is 78.4 Å². The van der Waals surface area contributed by atoms with E-state index in [2.05, 4.69) is 10.6 Å². The van der Waals surface area contributed by atoms with Crippen molar-refractivity contribution in [2.45, 2.75) is 6.92 Å². The lowest BCUT2D eigenvalue weighted by Gasteiger charge is -2.10. The molecule has 8 heteroatoms. The van der Waals surface area contributed by atoms with Gasteiger partial charge in [-0.15, -0.1) is 0 Å². The van der Waals surface area contributed by atoms with Gasteiger partial charge in [-0.3, -0.25) is 4.79 Å². The smallest absolute Gasteiger partial charge is 0.319 e. The van der Waals surface area contributed by atoms with Crippen molar-refractivity contribution in [2.75, 3.05) is 11.9 Å². The molecule has 104 valence electrons. The fraction of sp³-hybridized carbons (Fsp3) is 0.273. The Balaban J connectivity index is 2.60. The summed E-state index contributed by atoms with van der Waals surface area (Å²) in [4.78, 5) is 21.8. The van der Waals surface area contributed by atoms with Crippen LogP contribution in [0.15, 0.2) is 12.1 Å². The standard InChI is InChI=1S/C11H11F3N2O3/c1-5(10(17)18)4-15-11(19)16-6-2-7(12)9(14)8(13)3-6/h2-3,5H,4H2,1H3,(H,17,18)(H2,15,16,19). The Morgan fingerprint density at radius 1 is 1.26 bits per heavy atom. The van der Waals surface area contributed by atoms with Crippen LogP contribution in [-0.4, -0.2) is 23.7 Å². The molecule has 1 aromatic carbocycles. The number of hydrogen-bond acceptors (Lipinski definition) is 2. The Morgan fingerprint density at radius 3 is 2.26 bits per heavy atom. The van der Waals surface area contributed by atoms with Crippen LogP contribution in [0.25, 0.3) is 0 Å². The molecule has 0 aliphatic rings. The molecule has 1 rings (SSSR count). The molecule has 0 aromatic heterocycles. The molecule has 0 saturated carbocycles. The number of benzene rings is 1. The van der Waals surface area contributed by atoms with E-state index in [-0.39, 0.29) is 12.2 Å². The third-order valence-corrected chi connectivity index (χ3v) is 2.23. The number of halogens is 3. The molecule has 3 N–H and O–H groups in total. The first-order chi connectivity index (χ1) is 8.81. The highest BCUT2D eigenvalue weighted by atomic mass is 19.2. The van der Waals surface area contributed by atoms with Gasteiger partial charge in [0.25, 0.3) is 0 Å². The quantitative estimate of drug-likeness (QED) is 0.735. The monoisotopic (exact) mass is 276 g/mol. The minimum atomic E-state index is -1.63. The van der Waals surface area contributed by atoms with Gasteiger partial charge in [-0.2, -0.15) is 0 Å². The van der Waals surface area contributed by atoms with Crippen molar-refractivity contribution in [3.8, 4) is 0 Å². The molecule has 0 saturated heterocycles. The number of amides is 2. The van der Waals surface area contributed by atoms with E-state index < -0.39 is 35.4 Å². The van der Waals surface area contributed by atoms with Gasteiger partial charge in [0, 0.05) is 24.4 Å². The van der Waals surface area contributed by atoms with Crippen molar-refractivity contribution >= 4 is 17.7 Å². The maximum atomic E-state index is 12.8. The number of carboxylic acids is 1. The maximum Gasteiger partial charge on any atom is 0.319 e. The van der Waals surface area contributed by atoms with Crippen LogP contribution in [0.3, 0.4) is 0 Å². The number of urea groups is 1. The number of anilines is 1. The zero-order chi connectivity index (χ0) is 14.6. The summed E-state index contributed by atoms with van der Waals surface area (Å²) in [6, 6.07) is 0.371. The molecular formula is C11H11F3N2O3. The first-order valence-corrected chi connectivity index (χ1v) is 5.23. The molecule has 0 fully saturated rings. The molecule has 19 heavy (non-hydrogen) atoms. The van der Waals surface area contributed by atoms with Crippen molar-refractivity contribution in [3.05, 3.63) is 29.6 Å². The first kappa shape index (κ1) is 14.8. The van der Waals surface area contributed by atoms with E-state index in [9.17, 15) is 22.8 Å². The van der Waals surface area contributed by atoms with E-state index in [1.807, 2.05) is 0 Å². The number of carbonyl (C=O) groups excluding carboxylic acids is 1. The molecule has 1 aromatic rings. The Kier molecular flexibility index (Phi) is 4.74. The van der Waals surface area contributed by atoms with E-state index in [1.165, 1.54) is 6.92 Å². The predicted molar refractivity (Wildman–Crippen MR) is 60.1 cm³/mol. The normalized spacial score (nSPS) is 11.8. The summed E-state index contributed by atoms with van der Waals surface area (Å²) >= 11 is 0. The van der Waals surface area contributed by atoms with Gasteiger partial charge in [0.05, 0.1) is 5.92 Å². The zero-order valence-corrected chi connectivity index (χ0v) is 9.84. The van der Waals surface area contributed by atoms with Crippen molar-refractivity contribution < 1.29 is 27.9 Å². The van der Waals surface area contributed by atoms with Gasteiger partial charge in [0.1, 0.15) is 0 Å². The highest BCUT2D eigenvalue weighted by Gasteiger charge is 2.14. The van der Waals surface area contributed by atoms with Gasteiger partial charge in [0.15, 0.2) is 17.5 Å². The lowest BCUT2D eigenvalue weighted by atomic mass is 10.2. The number of hydrogen-bond donors (Lipinski definition) is 3. The lowest BCUT2D eigenvalue weighted by Crippen LogP contribution is -2.34. The third-order valence-electron chi connectivity index (χ3n) is 2.23. The predicted octanol–water partition coefficient (Wildman–Crippen LogP) is 1.95. The number of carboxylic acid groups (broad SMARTS) is 1. The van der Waals surface area contributed by atoms with Crippen LogP contribution in [-0.2, 0) is 4.79 Å². The van der Waals surface area contributed by atoms with Gasteiger partial charge in [-0.05, 0) is 0 Å². The fourth-order valence-corrected chi connectivity index (χ4v) is 1.14. The Morgan fingerprint density at radius 2 is 1.79 bits per heavy atom. The summed E-state index contributed by atoms with van der Waals surface area (Å²) < 4.78 is 38.3. The molecule has 0 aliphatic carbocycles. The second kappa shape index (κ2) is 6.07. The van der Waals surface area contributed by atoms with Crippen molar-refractivity contribution in [3.63, 3.8) is 0 Å². The third kappa shape index (κ3) is 4.16. The fourth-order valence-electron chi connectivity index (χ4n) is 1.14. The molecule has 2 amide bonds. The van der Waals surface area contributed by atoms with E-state index >= 15 is 0 Å². The summed E-state index contributed by atoms with van der Waals surface area (Å²) in [7, 11) is 0. The van der Waals surface area contributed by atoms with Gasteiger partial charge in [-0.1, -0.05) is 6.92 Å². The molecule has 1 unspecified atom stereocenters. The lowest BCUT2D eigenvalue weighted by molar-refractivity contribution is -0.140. The SMILES string of the molecule is CC(CNC(=O)Nc1cc(F)c(F)c(F)c1)C(=O)O. The summed E-state index contributed by atoms with van der Waals surface area (Å²) in [5.41, 5.74) is -0.281. The van der Waals surface area contributed by atoms with Crippen LogP contribution >= 0.6 is 0 Å². The largest absolute Gasteiger partial charge is 0.481 e. The summed E-state index contributed by atoms with van der Waals surface area (Å²) in [5.74, 6) is -6.42. The molecule has 1 atom stereocenters. The number of nitrogens with one attached hydrogen (secondary N) is 2. The van der Waals surface area contributed by atoms with E-state index in [0.29, 0.717) is 12.1 Å². The minimum absolute atomic E-state index is 0.159. The maximum absolute atomic E-state index is 12.8. The van der Waals surface area contributed by atoms with Crippen LogP contribution < -0.4 is 10.6 Å². The van der Waals surface area contributed by atoms with Gasteiger partial charge < -0.3 is 15.7 Å². The van der Waals surface area contributed by atoms with Crippen molar-refractivity contribution in [2.24, 2.45) is 5.92 Å². The molecule has 0 aliphatic heterocycles. The molecule has 0 heterocycles. The van der Waals surface area contributed by atoms with Crippen LogP contribution in [0.5, 0.6) is 0 Å². The highest BCUT2D eigenvalue weighted by molar-refractivity contribution is 5.89. The molecular weight excluding hydrogens is 265 g/mol. The van der Waals surface area contributed by atoms with Crippen molar-refractivity contribution in [1.29, 1.82) is 0 Å². The average molecular weight is 276 g/mol. The van der Waals surface area contributed by atoms with E-state index in [1.54, 1.807) is 0 Å². The second-order valence-electron chi connectivity index (χ2n) is 3.83. The zero-order valence-electron chi connectivity index (χ0n) is 9.84. The van der Waals surface area contributed by atoms with Crippen LogP contribution in [0.1, 0.15) is 6.92 Å².